The van der Waals surface area contributed by atoms with Crippen molar-refractivity contribution in [1.29, 1.82) is 0 Å². The first-order valence-electron chi connectivity index (χ1n) is 10.5. The lowest BCUT2D eigenvalue weighted by Gasteiger charge is -2.06. The van der Waals surface area contributed by atoms with Gasteiger partial charge in [-0.05, 0) is 45.7 Å². The maximum atomic E-state index is 10.6. The fraction of sp³-hybridized carbons (Fsp3) is 0.364. The first-order valence-corrected chi connectivity index (χ1v) is 10.5. The molecule has 1 aliphatic carbocycles. The lowest BCUT2D eigenvalue weighted by Crippen LogP contribution is -2.21. The fourth-order valence-electron chi connectivity index (χ4n) is 3.81. The van der Waals surface area contributed by atoms with Crippen molar-refractivity contribution >= 4 is 17.0 Å². The minimum absolute atomic E-state index is 0.358. The van der Waals surface area contributed by atoms with Gasteiger partial charge in [-0.3, -0.25) is 0 Å². The van der Waals surface area contributed by atoms with E-state index in [-0.39, 0.29) is 0 Å². The molecule has 0 aliphatic heterocycles. The molecule has 178 valence electrons. The first kappa shape index (κ1) is 23.3. The molecule has 0 amide bonds. The van der Waals surface area contributed by atoms with Gasteiger partial charge < -0.3 is 10.1 Å². The van der Waals surface area contributed by atoms with Gasteiger partial charge in [-0.15, -0.1) is 5.10 Å². The van der Waals surface area contributed by atoms with Crippen LogP contribution in [0.3, 0.4) is 0 Å². The number of carbonyl (C=O) groups is 1. The van der Waals surface area contributed by atoms with Crippen molar-refractivity contribution in [2.75, 3.05) is 0 Å². The van der Waals surface area contributed by atoms with E-state index >= 15 is 0 Å². The minimum atomic E-state index is -5.08. The van der Waals surface area contributed by atoms with Gasteiger partial charge in [0.25, 0.3) is 0 Å². The summed E-state index contributed by atoms with van der Waals surface area (Å²) < 4.78 is 33.5. The van der Waals surface area contributed by atoms with Crippen molar-refractivity contribution in [2.45, 2.75) is 52.1 Å². The molecule has 2 atom stereocenters. The van der Waals surface area contributed by atoms with E-state index in [2.05, 4.69) is 45.2 Å². The number of carboxylic acid groups (broad SMARTS) is 1. The molecule has 9 nitrogen and oxygen atoms in total. The summed E-state index contributed by atoms with van der Waals surface area (Å²) in [7, 11) is 0. The Kier molecular flexibility index (Phi) is 5.84. The van der Waals surface area contributed by atoms with E-state index in [4.69, 9.17) is 19.9 Å². The van der Waals surface area contributed by atoms with Crippen LogP contribution in [0.4, 0.5) is 13.2 Å². The van der Waals surface area contributed by atoms with E-state index < -0.39 is 12.1 Å². The van der Waals surface area contributed by atoms with Crippen LogP contribution in [0.5, 0.6) is 0 Å². The van der Waals surface area contributed by atoms with Gasteiger partial charge in [-0.25, -0.2) is 24.7 Å². The van der Waals surface area contributed by atoms with E-state index in [1.54, 1.807) is 4.68 Å². The highest BCUT2D eigenvalue weighted by Gasteiger charge is 2.43. The summed E-state index contributed by atoms with van der Waals surface area (Å²) in [5.41, 5.74) is 4.41. The molecule has 12 heteroatoms. The number of aryl methyl sites for hydroxylation is 4. The number of H-pyrrole nitrogens is 1. The molecule has 1 aromatic carbocycles. The SMILES string of the molecule is Cc1nc(C2CC2c2nc3c(C)cccc3[nH]2)cc(-n2nc(C)nc2C)n1.O=C(O)C(F)(F)F. The standard InChI is InChI=1S/C20H21N7.C2HF3O2/c1-10-6-5-7-16-19(10)25-20(24-16)15-8-14(15)17-9-18(23-11(2)22-17)27-13(4)21-12(3)26-27;3-2(4,5)1(6)7/h5-7,9,14-15H,8H2,1-4H3,(H,24,25);(H,6,7). The summed E-state index contributed by atoms with van der Waals surface area (Å²) in [5, 5.41) is 11.6. The maximum absolute atomic E-state index is 10.6. The number of rotatable bonds is 3. The summed E-state index contributed by atoms with van der Waals surface area (Å²) in [6.07, 6.45) is -4.04. The van der Waals surface area contributed by atoms with Gasteiger partial charge in [0.1, 0.15) is 23.3 Å². The third-order valence-corrected chi connectivity index (χ3v) is 5.43. The molecule has 1 aliphatic rings. The summed E-state index contributed by atoms with van der Waals surface area (Å²) in [6, 6.07) is 8.28. The molecule has 4 aromatic rings. The van der Waals surface area contributed by atoms with Crippen molar-refractivity contribution in [1.82, 2.24) is 34.7 Å². The van der Waals surface area contributed by atoms with Crippen LogP contribution >= 0.6 is 0 Å². The van der Waals surface area contributed by atoms with E-state index in [9.17, 15) is 13.2 Å². The number of carboxylic acids is 1. The van der Waals surface area contributed by atoms with Crippen LogP contribution in [0.25, 0.3) is 16.9 Å². The highest BCUT2D eigenvalue weighted by atomic mass is 19.4. The molecule has 3 heterocycles. The van der Waals surface area contributed by atoms with Gasteiger partial charge >= 0.3 is 12.1 Å². The molecule has 1 fully saturated rings. The van der Waals surface area contributed by atoms with Gasteiger partial charge in [0.2, 0.25) is 0 Å². The summed E-state index contributed by atoms with van der Waals surface area (Å²) in [6.45, 7) is 7.85. The summed E-state index contributed by atoms with van der Waals surface area (Å²) in [4.78, 5) is 30.9. The quantitative estimate of drug-likeness (QED) is 0.460. The van der Waals surface area contributed by atoms with Gasteiger partial charge in [0.15, 0.2) is 5.82 Å². The number of fused-ring (bicyclic) bond motifs is 1. The average Bonchev–Trinajstić information content (AvgIpc) is 3.30. The topological polar surface area (TPSA) is 122 Å². The van der Waals surface area contributed by atoms with E-state index in [1.807, 2.05) is 26.8 Å². The number of aromatic nitrogens is 7. The number of hydrogen-bond donors (Lipinski definition) is 2. The number of halogens is 3. The van der Waals surface area contributed by atoms with Crippen molar-refractivity contribution in [3.8, 4) is 5.82 Å². The fourth-order valence-corrected chi connectivity index (χ4v) is 3.81. The monoisotopic (exact) mass is 473 g/mol. The number of imidazole rings is 1. The minimum Gasteiger partial charge on any atom is -0.475 e. The molecule has 34 heavy (non-hydrogen) atoms. The van der Waals surface area contributed by atoms with Crippen molar-refractivity contribution in [3.05, 3.63) is 58.8 Å². The first-order chi connectivity index (χ1) is 15.9. The predicted octanol–water partition coefficient (Wildman–Crippen LogP) is 4.07. The number of alkyl halides is 3. The lowest BCUT2D eigenvalue weighted by molar-refractivity contribution is -0.192. The van der Waals surface area contributed by atoms with Crippen LogP contribution in [0.1, 0.15) is 52.8 Å². The van der Waals surface area contributed by atoms with Gasteiger partial charge in [0, 0.05) is 17.9 Å². The van der Waals surface area contributed by atoms with Crippen LogP contribution in [-0.2, 0) is 4.79 Å². The molecule has 5 rings (SSSR count). The van der Waals surface area contributed by atoms with Crippen molar-refractivity contribution in [2.24, 2.45) is 0 Å². The number of aromatic amines is 1. The molecule has 0 saturated heterocycles. The van der Waals surface area contributed by atoms with Crippen LogP contribution in [0.2, 0.25) is 0 Å². The van der Waals surface area contributed by atoms with Gasteiger partial charge in [-0.1, -0.05) is 12.1 Å². The Hall–Kier alpha value is -3.83. The van der Waals surface area contributed by atoms with Crippen molar-refractivity contribution in [3.63, 3.8) is 0 Å². The Balaban J connectivity index is 0.000000344. The summed E-state index contributed by atoms with van der Waals surface area (Å²) >= 11 is 0. The number of benzene rings is 1. The third-order valence-electron chi connectivity index (χ3n) is 5.43. The molecule has 0 radical (unpaired) electrons. The third kappa shape index (κ3) is 4.75. The highest BCUT2D eigenvalue weighted by Crippen LogP contribution is 2.53. The second kappa shape index (κ2) is 8.50. The van der Waals surface area contributed by atoms with Gasteiger partial charge in [-0.2, -0.15) is 17.9 Å². The molecule has 2 unspecified atom stereocenters. The van der Waals surface area contributed by atoms with Crippen LogP contribution < -0.4 is 0 Å². The Bertz CT molecular complexity index is 1380. The molecule has 2 N–H and O–H groups in total. The Labute approximate surface area is 192 Å². The molecular weight excluding hydrogens is 451 g/mol. The zero-order valence-corrected chi connectivity index (χ0v) is 18.8. The van der Waals surface area contributed by atoms with Crippen LogP contribution in [0.15, 0.2) is 24.3 Å². The second-order valence-corrected chi connectivity index (χ2v) is 8.16. The second-order valence-electron chi connectivity index (χ2n) is 8.16. The number of aliphatic carboxylic acids is 1. The largest absolute Gasteiger partial charge is 0.490 e. The number of nitrogens with zero attached hydrogens (tertiary/aromatic N) is 6. The normalized spacial score (nSPS) is 17.4. The molecule has 3 aromatic heterocycles. The highest BCUT2D eigenvalue weighted by molar-refractivity contribution is 5.78. The Morgan fingerprint density at radius 2 is 1.76 bits per heavy atom. The zero-order chi connectivity index (χ0) is 24.8. The smallest absolute Gasteiger partial charge is 0.475 e. The number of para-hydroxylation sites is 1. The van der Waals surface area contributed by atoms with E-state index in [1.165, 1.54) is 5.56 Å². The average molecular weight is 473 g/mol. The van der Waals surface area contributed by atoms with E-state index in [0.29, 0.717) is 11.8 Å². The van der Waals surface area contributed by atoms with Crippen LogP contribution in [-0.4, -0.2) is 52.0 Å². The summed E-state index contributed by atoms with van der Waals surface area (Å²) in [5.74, 6) is 2.13. The number of nitrogens with one attached hydrogen (secondary N) is 1. The van der Waals surface area contributed by atoms with Crippen LogP contribution in [0, 0.1) is 27.7 Å². The maximum Gasteiger partial charge on any atom is 0.490 e. The predicted molar refractivity (Wildman–Crippen MR) is 116 cm³/mol. The lowest BCUT2D eigenvalue weighted by atomic mass is 10.2. The van der Waals surface area contributed by atoms with Gasteiger partial charge in [0.05, 0.1) is 16.7 Å². The zero-order valence-electron chi connectivity index (χ0n) is 18.8. The molecule has 0 spiro atoms. The molecule has 0 bridgehead atoms. The van der Waals surface area contributed by atoms with Crippen molar-refractivity contribution < 1.29 is 23.1 Å². The molecule has 1 saturated carbocycles. The Morgan fingerprint density at radius 1 is 1.06 bits per heavy atom. The molecular formula is C22H22F3N7O2. The number of hydrogen-bond acceptors (Lipinski definition) is 6. The van der Waals surface area contributed by atoms with E-state index in [0.717, 1.165) is 52.3 Å². The Morgan fingerprint density at radius 3 is 2.35 bits per heavy atom.